The van der Waals surface area contributed by atoms with Gasteiger partial charge in [-0.25, -0.2) is 8.42 Å². The fraction of sp³-hybridized carbons (Fsp3) is 0.417. The van der Waals surface area contributed by atoms with Crippen LogP contribution in [0.5, 0.6) is 0 Å². The number of aromatic nitrogens is 2. The van der Waals surface area contributed by atoms with Crippen LogP contribution < -0.4 is 4.31 Å². The maximum absolute atomic E-state index is 13.4. The molecule has 0 atom stereocenters. The van der Waals surface area contributed by atoms with Gasteiger partial charge in [0.1, 0.15) is 0 Å². The molecular formula is C24H29F2N5O3S. The fourth-order valence-corrected chi connectivity index (χ4v) is 5.46. The van der Waals surface area contributed by atoms with E-state index < -0.39 is 22.3 Å². The number of halogens is 2. The molecule has 0 radical (unpaired) electrons. The number of benzene rings is 2. The van der Waals surface area contributed by atoms with Gasteiger partial charge in [-0.1, -0.05) is 30.3 Å². The van der Waals surface area contributed by atoms with Crippen molar-refractivity contribution in [3.05, 3.63) is 66.1 Å². The van der Waals surface area contributed by atoms with Gasteiger partial charge in [0, 0.05) is 31.7 Å². The molecule has 8 nitrogen and oxygen atoms in total. The Bertz CT molecular complexity index is 1180. The molecule has 1 saturated heterocycles. The molecule has 2 heterocycles. The zero-order valence-corrected chi connectivity index (χ0v) is 20.4. The number of nitrogens with zero attached hydrogens (tertiary/aromatic N) is 5. The maximum Gasteiger partial charge on any atom is 0.314 e. The third-order valence-corrected chi connectivity index (χ3v) is 7.82. The molecule has 35 heavy (non-hydrogen) atoms. The summed E-state index contributed by atoms with van der Waals surface area (Å²) in [6.07, 6.45) is -2.28. The number of sulfonamides is 1. The Labute approximate surface area is 204 Å². The van der Waals surface area contributed by atoms with E-state index in [-0.39, 0.29) is 18.2 Å². The minimum atomic E-state index is -3.58. The lowest BCUT2D eigenvalue weighted by Gasteiger charge is -2.32. The summed E-state index contributed by atoms with van der Waals surface area (Å²) in [5, 5.41) is 6.99. The summed E-state index contributed by atoms with van der Waals surface area (Å²) in [7, 11) is -1.49. The van der Waals surface area contributed by atoms with Gasteiger partial charge in [-0.3, -0.25) is 4.31 Å². The summed E-state index contributed by atoms with van der Waals surface area (Å²) < 4.78 is 58.6. The van der Waals surface area contributed by atoms with Crippen molar-refractivity contribution in [2.24, 2.45) is 0 Å². The van der Waals surface area contributed by atoms with Gasteiger partial charge in [0.05, 0.1) is 18.0 Å². The highest BCUT2D eigenvalue weighted by molar-refractivity contribution is 7.92. The topological polar surface area (TPSA) is 82.8 Å². The van der Waals surface area contributed by atoms with E-state index in [1.807, 2.05) is 6.07 Å². The third-order valence-electron chi connectivity index (χ3n) is 6.01. The Morgan fingerprint density at radius 2 is 1.69 bits per heavy atom. The zero-order chi connectivity index (χ0) is 24.8. The predicted molar refractivity (Wildman–Crippen MR) is 130 cm³/mol. The van der Waals surface area contributed by atoms with E-state index in [0.29, 0.717) is 17.7 Å². The van der Waals surface area contributed by atoms with Gasteiger partial charge in [-0.2, -0.15) is 8.78 Å². The van der Waals surface area contributed by atoms with Crippen molar-refractivity contribution < 1.29 is 21.6 Å². The van der Waals surface area contributed by atoms with Crippen LogP contribution in [0.3, 0.4) is 0 Å². The Balaban J connectivity index is 1.45. The lowest BCUT2D eigenvalue weighted by molar-refractivity contribution is 0.116. The highest BCUT2D eigenvalue weighted by Crippen LogP contribution is 2.25. The van der Waals surface area contributed by atoms with Crippen LogP contribution in [0.25, 0.3) is 11.5 Å². The molecule has 3 aromatic rings. The quantitative estimate of drug-likeness (QED) is 0.416. The second-order valence-electron chi connectivity index (χ2n) is 8.60. The van der Waals surface area contributed by atoms with E-state index in [1.165, 1.54) is 4.31 Å². The Morgan fingerprint density at radius 3 is 2.31 bits per heavy atom. The minimum Gasteiger partial charge on any atom is -0.415 e. The highest BCUT2D eigenvalue weighted by atomic mass is 32.2. The summed E-state index contributed by atoms with van der Waals surface area (Å²) in [6.45, 7) is 4.77. The van der Waals surface area contributed by atoms with Crippen LogP contribution in [0, 0.1) is 0 Å². The van der Waals surface area contributed by atoms with Gasteiger partial charge < -0.3 is 14.2 Å². The van der Waals surface area contributed by atoms with Crippen LogP contribution in [0.4, 0.5) is 14.5 Å². The molecule has 1 fully saturated rings. The standard InChI is InChI=1S/C24H29F2N5O3S/c1-29-13-15-30(16-14-29)12-5-17-35(32,33)31(21-6-3-2-4-7-21)18-19-8-10-20(11-9-19)23-27-28-24(34-23)22(25)26/h2-4,6-11,22H,5,12-18H2,1H3. The first-order valence-corrected chi connectivity index (χ1v) is 13.1. The number of hydrogen-bond acceptors (Lipinski definition) is 7. The highest BCUT2D eigenvalue weighted by Gasteiger charge is 2.24. The number of piperazine rings is 1. The first-order valence-electron chi connectivity index (χ1n) is 11.5. The number of likely N-dealkylation sites (N-methyl/N-ethyl adjacent to an activating group) is 1. The van der Waals surface area contributed by atoms with E-state index in [9.17, 15) is 17.2 Å². The molecule has 2 aromatic carbocycles. The molecule has 1 aliphatic heterocycles. The molecule has 11 heteroatoms. The van der Waals surface area contributed by atoms with Crippen LogP contribution in [0.2, 0.25) is 0 Å². The van der Waals surface area contributed by atoms with Gasteiger partial charge in [-0.05, 0) is 49.8 Å². The Morgan fingerprint density at radius 1 is 1.00 bits per heavy atom. The molecule has 1 aromatic heterocycles. The summed E-state index contributed by atoms with van der Waals surface area (Å²) in [5.41, 5.74) is 1.82. The van der Waals surface area contributed by atoms with Crippen LogP contribution in [-0.2, 0) is 16.6 Å². The number of anilines is 1. The van der Waals surface area contributed by atoms with Gasteiger partial charge in [-0.15, -0.1) is 10.2 Å². The molecule has 0 aliphatic carbocycles. The van der Waals surface area contributed by atoms with Gasteiger partial charge >= 0.3 is 6.43 Å². The van der Waals surface area contributed by atoms with Gasteiger partial charge in [0.2, 0.25) is 15.9 Å². The predicted octanol–water partition coefficient (Wildman–Crippen LogP) is 3.65. The monoisotopic (exact) mass is 505 g/mol. The number of alkyl halides is 2. The van der Waals surface area contributed by atoms with E-state index >= 15 is 0 Å². The summed E-state index contributed by atoms with van der Waals surface area (Å²) >= 11 is 0. The van der Waals surface area contributed by atoms with Crippen LogP contribution in [-0.4, -0.2) is 73.9 Å². The molecule has 0 amide bonds. The fourth-order valence-electron chi connectivity index (χ4n) is 3.95. The van der Waals surface area contributed by atoms with E-state index in [1.54, 1.807) is 48.5 Å². The lowest BCUT2D eigenvalue weighted by Crippen LogP contribution is -2.45. The average molecular weight is 506 g/mol. The minimum absolute atomic E-state index is 0.0108. The van der Waals surface area contributed by atoms with Crippen LogP contribution in [0.1, 0.15) is 24.3 Å². The van der Waals surface area contributed by atoms with Crippen molar-refractivity contribution in [2.45, 2.75) is 19.4 Å². The molecule has 4 rings (SSSR count). The van der Waals surface area contributed by atoms with Crippen molar-refractivity contribution >= 4 is 15.7 Å². The Kier molecular flexibility index (Phi) is 8.09. The van der Waals surface area contributed by atoms with E-state index in [2.05, 4.69) is 27.0 Å². The Hall–Kier alpha value is -2.89. The van der Waals surface area contributed by atoms with Crippen molar-refractivity contribution in [1.29, 1.82) is 0 Å². The first kappa shape index (κ1) is 25.2. The average Bonchev–Trinajstić information content (AvgIpc) is 3.35. The van der Waals surface area contributed by atoms with Crippen molar-refractivity contribution in [1.82, 2.24) is 20.0 Å². The van der Waals surface area contributed by atoms with Crippen LogP contribution >= 0.6 is 0 Å². The van der Waals surface area contributed by atoms with Crippen molar-refractivity contribution in [3.8, 4) is 11.5 Å². The van der Waals surface area contributed by atoms with Gasteiger partial charge in [0.15, 0.2) is 0 Å². The largest absolute Gasteiger partial charge is 0.415 e. The lowest BCUT2D eigenvalue weighted by atomic mass is 10.1. The second kappa shape index (κ2) is 11.2. The maximum atomic E-state index is 13.4. The van der Waals surface area contributed by atoms with E-state index in [4.69, 9.17) is 4.42 Å². The molecule has 0 saturated carbocycles. The SMILES string of the molecule is CN1CCN(CCCS(=O)(=O)N(Cc2ccc(-c3nnc(C(F)F)o3)cc2)c2ccccc2)CC1. The smallest absolute Gasteiger partial charge is 0.314 e. The second-order valence-corrected chi connectivity index (χ2v) is 10.6. The van der Waals surface area contributed by atoms with Crippen LogP contribution in [0.15, 0.2) is 59.0 Å². The van der Waals surface area contributed by atoms with Crippen molar-refractivity contribution in [2.75, 3.05) is 49.8 Å². The zero-order valence-electron chi connectivity index (χ0n) is 19.6. The number of rotatable bonds is 10. The van der Waals surface area contributed by atoms with E-state index in [0.717, 1.165) is 38.3 Å². The molecule has 0 N–H and O–H groups in total. The molecule has 0 spiro atoms. The summed E-state index contributed by atoms with van der Waals surface area (Å²) in [5.74, 6) is -0.699. The molecular weight excluding hydrogens is 476 g/mol. The number of para-hydroxylation sites is 1. The molecule has 0 bridgehead atoms. The number of hydrogen-bond donors (Lipinski definition) is 0. The molecule has 188 valence electrons. The normalized spacial score (nSPS) is 15.5. The first-order chi connectivity index (χ1) is 16.8. The summed E-state index contributed by atoms with van der Waals surface area (Å²) in [4.78, 5) is 4.57. The summed E-state index contributed by atoms with van der Waals surface area (Å²) in [6, 6.07) is 15.8. The molecule has 1 aliphatic rings. The van der Waals surface area contributed by atoms with Gasteiger partial charge in [0.25, 0.3) is 5.89 Å². The third kappa shape index (κ3) is 6.62. The van der Waals surface area contributed by atoms with Crippen molar-refractivity contribution in [3.63, 3.8) is 0 Å². The molecule has 0 unspecified atom stereocenters.